The minimum Gasteiger partial charge on any atom is -0.497 e. The van der Waals surface area contributed by atoms with Gasteiger partial charge >= 0.3 is 6.09 Å². The summed E-state index contributed by atoms with van der Waals surface area (Å²) in [6, 6.07) is 7.13. The molecule has 0 atom stereocenters. The van der Waals surface area contributed by atoms with E-state index in [-0.39, 0.29) is 18.6 Å². The fourth-order valence-corrected chi connectivity index (χ4v) is 2.72. The van der Waals surface area contributed by atoms with Crippen LogP contribution in [0.3, 0.4) is 0 Å². The second kappa shape index (κ2) is 10.2. The standard InChI is InChI=1S/C20H31N3O5/c1-20(2,3)28-19(25)23-12-10-22(11-13-23)9-8-21-18(24)15-27-17-7-5-6-16(14-17)26-4/h5-7,14H,8-13,15H2,1-4H3,(H,21,24). The maximum Gasteiger partial charge on any atom is 0.410 e. The van der Waals surface area contributed by atoms with Gasteiger partial charge in [0.05, 0.1) is 7.11 Å². The molecular weight excluding hydrogens is 362 g/mol. The molecule has 1 fully saturated rings. The molecule has 0 aromatic heterocycles. The fraction of sp³-hybridized carbons (Fsp3) is 0.600. The number of nitrogens with zero attached hydrogens (tertiary/aromatic N) is 2. The van der Waals surface area contributed by atoms with Crippen molar-refractivity contribution in [2.75, 3.05) is 53.0 Å². The Balaban J connectivity index is 1.61. The molecule has 1 aromatic rings. The predicted molar refractivity (Wildman–Crippen MR) is 106 cm³/mol. The number of piperazine rings is 1. The number of carbonyl (C=O) groups is 2. The SMILES string of the molecule is COc1cccc(OCC(=O)NCCN2CCN(C(=O)OC(C)(C)C)CC2)c1. The molecule has 0 spiro atoms. The third-order valence-electron chi connectivity index (χ3n) is 4.19. The Morgan fingerprint density at radius 3 is 2.43 bits per heavy atom. The minimum absolute atomic E-state index is 0.0421. The van der Waals surface area contributed by atoms with E-state index in [1.165, 1.54) is 0 Å². The Bertz CT molecular complexity index is 651. The van der Waals surface area contributed by atoms with Crippen LogP contribution < -0.4 is 14.8 Å². The van der Waals surface area contributed by atoms with Gasteiger partial charge in [0.2, 0.25) is 0 Å². The molecule has 2 rings (SSSR count). The number of nitrogens with one attached hydrogen (secondary N) is 1. The predicted octanol–water partition coefficient (Wildman–Crippen LogP) is 1.74. The molecule has 1 aliphatic heterocycles. The van der Waals surface area contributed by atoms with Gasteiger partial charge in [-0.05, 0) is 32.9 Å². The Kier molecular flexibility index (Phi) is 7.92. The van der Waals surface area contributed by atoms with Gasteiger partial charge in [0.1, 0.15) is 17.1 Å². The van der Waals surface area contributed by atoms with E-state index >= 15 is 0 Å². The summed E-state index contributed by atoms with van der Waals surface area (Å²) >= 11 is 0. The number of hydrogen-bond acceptors (Lipinski definition) is 6. The van der Waals surface area contributed by atoms with E-state index in [0.29, 0.717) is 31.1 Å². The molecule has 1 aromatic carbocycles. The maximum atomic E-state index is 12.1. The molecule has 1 heterocycles. The average molecular weight is 393 g/mol. The zero-order valence-corrected chi connectivity index (χ0v) is 17.2. The number of rotatable bonds is 7. The van der Waals surface area contributed by atoms with Crippen LogP contribution in [0, 0.1) is 0 Å². The smallest absolute Gasteiger partial charge is 0.410 e. The van der Waals surface area contributed by atoms with Crippen molar-refractivity contribution in [2.45, 2.75) is 26.4 Å². The van der Waals surface area contributed by atoms with Crippen molar-refractivity contribution in [1.29, 1.82) is 0 Å². The van der Waals surface area contributed by atoms with Crippen molar-refractivity contribution >= 4 is 12.0 Å². The van der Waals surface area contributed by atoms with E-state index in [9.17, 15) is 9.59 Å². The Hall–Kier alpha value is -2.48. The van der Waals surface area contributed by atoms with Gasteiger partial charge in [-0.25, -0.2) is 4.79 Å². The number of carbonyl (C=O) groups excluding carboxylic acids is 2. The molecule has 0 bridgehead atoms. The lowest BCUT2D eigenvalue weighted by Crippen LogP contribution is -2.51. The molecule has 1 saturated heterocycles. The van der Waals surface area contributed by atoms with Crippen LogP contribution in [-0.4, -0.2) is 80.4 Å². The van der Waals surface area contributed by atoms with Crippen molar-refractivity contribution in [1.82, 2.24) is 15.1 Å². The lowest BCUT2D eigenvalue weighted by Gasteiger charge is -2.35. The summed E-state index contributed by atoms with van der Waals surface area (Å²) < 4.78 is 16.0. The lowest BCUT2D eigenvalue weighted by atomic mass is 10.2. The summed E-state index contributed by atoms with van der Waals surface area (Å²) in [6.07, 6.45) is -0.268. The highest BCUT2D eigenvalue weighted by Crippen LogP contribution is 2.18. The van der Waals surface area contributed by atoms with Crippen LogP contribution >= 0.6 is 0 Å². The summed E-state index contributed by atoms with van der Waals surface area (Å²) in [5.74, 6) is 1.10. The fourth-order valence-electron chi connectivity index (χ4n) is 2.72. The van der Waals surface area contributed by atoms with Gasteiger partial charge in [-0.15, -0.1) is 0 Å². The van der Waals surface area contributed by atoms with Gasteiger partial charge in [-0.3, -0.25) is 9.69 Å². The van der Waals surface area contributed by atoms with Gasteiger partial charge in [0.25, 0.3) is 5.91 Å². The molecule has 156 valence electrons. The minimum atomic E-state index is -0.481. The zero-order chi connectivity index (χ0) is 20.6. The van der Waals surface area contributed by atoms with E-state index in [0.717, 1.165) is 19.6 Å². The molecule has 0 saturated carbocycles. The molecule has 28 heavy (non-hydrogen) atoms. The molecule has 8 heteroatoms. The molecule has 1 N–H and O–H groups in total. The monoisotopic (exact) mass is 393 g/mol. The Morgan fingerprint density at radius 2 is 1.79 bits per heavy atom. The average Bonchev–Trinajstić information content (AvgIpc) is 2.65. The molecule has 0 aliphatic carbocycles. The largest absolute Gasteiger partial charge is 0.497 e. The first-order valence-corrected chi connectivity index (χ1v) is 9.50. The molecule has 1 aliphatic rings. The Morgan fingerprint density at radius 1 is 1.11 bits per heavy atom. The Labute approximate surface area is 166 Å². The van der Waals surface area contributed by atoms with E-state index in [2.05, 4.69) is 10.2 Å². The number of hydrogen-bond donors (Lipinski definition) is 1. The second-order valence-corrected chi connectivity index (χ2v) is 7.63. The normalized spacial score (nSPS) is 15.1. The van der Waals surface area contributed by atoms with Gasteiger partial charge in [0, 0.05) is 45.3 Å². The molecule has 2 amide bonds. The number of amides is 2. The lowest BCUT2D eigenvalue weighted by molar-refractivity contribution is -0.123. The van der Waals surface area contributed by atoms with Crippen LogP contribution in [-0.2, 0) is 9.53 Å². The summed E-state index contributed by atoms with van der Waals surface area (Å²) in [4.78, 5) is 27.9. The molecular formula is C20H31N3O5. The van der Waals surface area contributed by atoms with Crippen LogP contribution in [0.5, 0.6) is 11.5 Å². The van der Waals surface area contributed by atoms with Crippen LogP contribution in [0.15, 0.2) is 24.3 Å². The molecule has 0 radical (unpaired) electrons. The van der Waals surface area contributed by atoms with Crippen LogP contribution in [0.4, 0.5) is 4.79 Å². The van der Waals surface area contributed by atoms with Crippen LogP contribution in [0.25, 0.3) is 0 Å². The summed E-state index contributed by atoms with van der Waals surface area (Å²) in [7, 11) is 1.58. The first-order valence-electron chi connectivity index (χ1n) is 9.50. The summed E-state index contributed by atoms with van der Waals surface area (Å²) in [6.45, 7) is 9.58. The third kappa shape index (κ3) is 7.64. The zero-order valence-electron chi connectivity index (χ0n) is 17.2. The van der Waals surface area contributed by atoms with Crippen LogP contribution in [0.1, 0.15) is 20.8 Å². The van der Waals surface area contributed by atoms with Crippen molar-refractivity contribution in [3.63, 3.8) is 0 Å². The number of ether oxygens (including phenoxy) is 3. The van der Waals surface area contributed by atoms with E-state index in [1.807, 2.05) is 32.9 Å². The van der Waals surface area contributed by atoms with Gasteiger partial charge in [0.15, 0.2) is 6.61 Å². The molecule has 8 nitrogen and oxygen atoms in total. The van der Waals surface area contributed by atoms with E-state index in [4.69, 9.17) is 14.2 Å². The van der Waals surface area contributed by atoms with Crippen molar-refractivity contribution in [3.05, 3.63) is 24.3 Å². The van der Waals surface area contributed by atoms with Crippen LogP contribution in [0.2, 0.25) is 0 Å². The number of methoxy groups -OCH3 is 1. The van der Waals surface area contributed by atoms with Crippen molar-refractivity contribution in [2.24, 2.45) is 0 Å². The quantitative estimate of drug-likeness (QED) is 0.760. The van der Waals surface area contributed by atoms with Crippen molar-refractivity contribution in [3.8, 4) is 11.5 Å². The second-order valence-electron chi connectivity index (χ2n) is 7.63. The maximum absolute atomic E-state index is 12.1. The van der Waals surface area contributed by atoms with Gasteiger partial charge < -0.3 is 24.4 Å². The highest BCUT2D eigenvalue weighted by atomic mass is 16.6. The van der Waals surface area contributed by atoms with Gasteiger partial charge in [-0.1, -0.05) is 6.07 Å². The highest BCUT2D eigenvalue weighted by Gasteiger charge is 2.25. The summed E-state index contributed by atoms with van der Waals surface area (Å²) in [5, 5.41) is 2.85. The first kappa shape index (κ1) is 21.8. The van der Waals surface area contributed by atoms with E-state index < -0.39 is 5.60 Å². The topological polar surface area (TPSA) is 80.3 Å². The first-order chi connectivity index (χ1) is 13.3. The van der Waals surface area contributed by atoms with Gasteiger partial charge in [-0.2, -0.15) is 0 Å². The number of benzene rings is 1. The summed E-state index contributed by atoms with van der Waals surface area (Å²) in [5.41, 5.74) is -0.481. The highest BCUT2D eigenvalue weighted by molar-refractivity contribution is 5.77. The molecule has 0 unspecified atom stereocenters. The van der Waals surface area contributed by atoms with E-state index in [1.54, 1.807) is 24.1 Å². The third-order valence-corrected chi connectivity index (χ3v) is 4.19. The van der Waals surface area contributed by atoms with Crippen molar-refractivity contribution < 1.29 is 23.8 Å².